The molecule has 0 aliphatic carbocycles. The molecule has 0 bridgehead atoms. The predicted molar refractivity (Wildman–Crippen MR) is 112 cm³/mol. The van der Waals surface area contributed by atoms with Crippen LogP contribution in [0.4, 0.5) is 4.79 Å². The standard InChI is InChI=1S/C12H14N2O6S.C9H7NO/c1-8-10(11(15)14(8)21(17,18)19)13-12(16)20-7-9-5-3-2-4-6-9;11-8-5-1-3-7-4-2-6-10-9(7)8/h2-6,8,10H,7H2,1H3,(H,13,16)(H,17,18,19);1-6,11H/t8-,10-;/m0./s1. The van der Waals surface area contributed by atoms with Crippen molar-refractivity contribution in [2.75, 3.05) is 0 Å². The van der Waals surface area contributed by atoms with Crippen molar-refractivity contribution >= 4 is 33.2 Å². The number of hydrogen-bond acceptors (Lipinski definition) is 7. The molecule has 2 amide bonds. The highest BCUT2D eigenvalue weighted by Crippen LogP contribution is 2.23. The van der Waals surface area contributed by atoms with Gasteiger partial charge in [-0.2, -0.15) is 0 Å². The Kier molecular flexibility index (Phi) is 6.91. The van der Waals surface area contributed by atoms with Gasteiger partial charge in [-0.05, 0) is 30.7 Å². The number of alkyl carbamates (subject to hydrolysis) is 1. The Bertz CT molecular complexity index is 1210. The van der Waals surface area contributed by atoms with Crippen LogP contribution in [-0.2, 0) is 26.4 Å². The van der Waals surface area contributed by atoms with Gasteiger partial charge in [0.15, 0.2) is 22.3 Å². The molecular weight excluding hydrogens is 438 g/mol. The van der Waals surface area contributed by atoms with Crippen molar-refractivity contribution in [3.63, 3.8) is 0 Å². The highest BCUT2D eigenvalue weighted by molar-refractivity contribution is 7.84. The number of benzene rings is 2. The van der Waals surface area contributed by atoms with Gasteiger partial charge in [0, 0.05) is 6.07 Å². The van der Waals surface area contributed by atoms with Crippen LogP contribution in [0.15, 0.2) is 66.9 Å². The maximum absolute atomic E-state index is 11.5. The number of pyridine rings is 1. The van der Waals surface area contributed by atoms with Gasteiger partial charge in [-0.25, -0.2) is 22.5 Å². The van der Waals surface area contributed by atoms with E-state index in [1.807, 2.05) is 30.3 Å². The van der Waals surface area contributed by atoms with Gasteiger partial charge >= 0.3 is 6.09 Å². The molecule has 168 valence electrons. The Hall–Kier alpha value is -3.70. The van der Waals surface area contributed by atoms with E-state index in [9.17, 15) is 27.7 Å². The lowest BCUT2D eigenvalue weighted by molar-refractivity contribution is -0.345. The van der Waals surface area contributed by atoms with Gasteiger partial charge < -0.3 is 19.7 Å². The Balaban J connectivity index is 0.000000219. The topological polar surface area (TPSA) is 150 Å². The Morgan fingerprint density at radius 1 is 1.16 bits per heavy atom. The SMILES string of the molecule is C[C@H]1[C@H](NC(=O)OCc2ccccc2)C(=O)N1S(=O)(=O)[O-].Oc1cccc2ccc[nH+]c12. The lowest BCUT2D eigenvalue weighted by Gasteiger charge is -2.45. The second-order valence-corrected chi connectivity index (χ2v) is 8.18. The summed E-state index contributed by atoms with van der Waals surface area (Å²) in [5.41, 5.74) is 1.55. The van der Waals surface area contributed by atoms with Crippen molar-refractivity contribution in [1.82, 2.24) is 9.62 Å². The number of carbonyl (C=O) groups excluding carboxylic acids is 2. The fourth-order valence-corrected chi connectivity index (χ4v) is 3.99. The van der Waals surface area contributed by atoms with Gasteiger partial charge in [0.05, 0.1) is 11.4 Å². The molecule has 1 aromatic heterocycles. The molecule has 11 heteroatoms. The van der Waals surface area contributed by atoms with Gasteiger partial charge in [-0.1, -0.05) is 36.4 Å². The minimum atomic E-state index is -4.85. The number of rotatable bonds is 4. The van der Waals surface area contributed by atoms with Gasteiger partial charge in [0.25, 0.3) is 11.4 Å². The summed E-state index contributed by atoms with van der Waals surface area (Å²) in [6.45, 7) is 1.37. The van der Waals surface area contributed by atoms with E-state index in [0.717, 1.165) is 16.5 Å². The number of para-hydroxylation sites is 1. The number of phenols is 1. The number of H-pyrrole nitrogens is 1. The molecule has 3 aromatic rings. The molecule has 0 spiro atoms. The molecule has 1 aliphatic rings. The molecule has 3 N–H and O–H groups in total. The van der Waals surface area contributed by atoms with Crippen molar-refractivity contribution in [3.05, 3.63) is 72.4 Å². The van der Waals surface area contributed by atoms with Crippen LogP contribution in [0.5, 0.6) is 5.75 Å². The fraction of sp³-hybridized carbons (Fsp3) is 0.190. The van der Waals surface area contributed by atoms with Gasteiger partial charge in [-0.15, -0.1) is 0 Å². The summed E-state index contributed by atoms with van der Waals surface area (Å²) in [6, 6.07) is 16.2. The third kappa shape index (κ3) is 5.31. The second-order valence-electron chi connectivity index (χ2n) is 6.93. The van der Waals surface area contributed by atoms with E-state index < -0.39 is 34.4 Å². The highest BCUT2D eigenvalue weighted by Gasteiger charge is 2.49. The molecule has 0 saturated carbocycles. The molecule has 32 heavy (non-hydrogen) atoms. The normalized spacial score (nSPS) is 17.7. The number of ether oxygens (including phenoxy) is 1. The summed E-state index contributed by atoms with van der Waals surface area (Å²) in [7, 11) is -4.85. The van der Waals surface area contributed by atoms with Crippen molar-refractivity contribution in [2.24, 2.45) is 0 Å². The van der Waals surface area contributed by atoms with E-state index in [4.69, 9.17) is 4.74 Å². The van der Waals surface area contributed by atoms with Crippen LogP contribution in [0, 0.1) is 0 Å². The summed E-state index contributed by atoms with van der Waals surface area (Å²) < 4.78 is 37.4. The third-order valence-electron chi connectivity index (χ3n) is 4.74. The summed E-state index contributed by atoms with van der Waals surface area (Å²) in [6.07, 6.45) is 0.939. The van der Waals surface area contributed by atoms with Crippen molar-refractivity contribution in [2.45, 2.75) is 25.6 Å². The molecule has 2 aromatic carbocycles. The Labute approximate surface area is 184 Å². The zero-order chi connectivity index (χ0) is 23.3. The van der Waals surface area contributed by atoms with Crippen LogP contribution in [0.1, 0.15) is 12.5 Å². The van der Waals surface area contributed by atoms with Crippen LogP contribution in [0.3, 0.4) is 0 Å². The number of phenolic OH excluding ortho intramolecular Hbond substituents is 1. The van der Waals surface area contributed by atoms with E-state index in [1.54, 1.807) is 36.5 Å². The largest absolute Gasteiger partial charge is 0.731 e. The average Bonchev–Trinajstić information content (AvgIpc) is 2.77. The van der Waals surface area contributed by atoms with Crippen LogP contribution in [0.2, 0.25) is 0 Å². The van der Waals surface area contributed by atoms with E-state index in [1.165, 1.54) is 6.92 Å². The molecule has 4 rings (SSSR count). The molecule has 0 radical (unpaired) electrons. The summed E-state index contributed by atoms with van der Waals surface area (Å²) >= 11 is 0. The maximum Gasteiger partial charge on any atom is 0.408 e. The van der Waals surface area contributed by atoms with Crippen LogP contribution in [-0.4, -0.2) is 46.5 Å². The van der Waals surface area contributed by atoms with E-state index in [-0.39, 0.29) is 10.9 Å². The fourth-order valence-electron chi connectivity index (χ4n) is 3.12. The molecule has 10 nitrogen and oxygen atoms in total. The van der Waals surface area contributed by atoms with Crippen molar-refractivity contribution < 1.29 is 37.4 Å². The second kappa shape index (κ2) is 9.62. The minimum Gasteiger partial charge on any atom is -0.731 e. The highest BCUT2D eigenvalue weighted by atomic mass is 32.2. The zero-order valence-corrected chi connectivity index (χ0v) is 17.8. The zero-order valence-electron chi connectivity index (χ0n) is 17.0. The first-order valence-corrected chi connectivity index (χ1v) is 10.9. The monoisotopic (exact) mass is 459 g/mol. The molecule has 1 fully saturated rings. The van der Waals surface area contributed by atoms with Gasteiger partial charge in [0.1, 0.15) is 12.6 Å². The first kappa shape index (κ1) is 23.0. The summed E-state index contributed by atoms with van der Waals surface area (Å²) in [5, 5.41) is 12.6. The van der Waals surface area contributed by atoms with Crippen molar-refractivity contribution in [3.8, 4) is 5.75 Å². The van der Waals surface area contributed by atoms with Crippen LogP contribution < -0.4 is 10.3 Å². The van der Waals surface area contributed by atoms with E-state index >= 15 is 0 Å². The summed E-state index contributed by atoms with van der Waals surface area (Å²) in [5.74, 6) is -0.669. The number of aromatic amines is 1. The number of nitrogens with zero attached hydrogens (tertiary/aromatic N) is 1. The maximum atomic E-state index is 11.5. The number of amides is 2. The van der Waals surface area contributed by atoms with Crippen LogP contribution >= 0.6 is 0 Å². The first-order valence-electron chi connectivity index (χ1n) is 9.53. The van der Waals surface area contributed by atoms with E-state index in [2.05, 4.69) is 10.3 Å². The van der Waals surface area contributed by atoms with E-state index in [0.29, 0.717) is 5.75 Å². The number of fused-ring (bicyclic) bond motifs is 1. The lowest BCUT2D eigenvalue weighted by atomic mass is 10.0. The molecule has 2 atom stereocenters. The first-order chi connectivity index (χ1) is 15.2. The smallest absolute Gasteiger partial charge is 0.408 e. The number of carbonyl (C=O) groups is 2. The summed E-state index contributed by atoms with van der Waals surface area (Å²) in [4.78, 5) is 26.0. The number of nitrogens with one attached hydrogen (secondary N) is 2. The average molecular weight is 459 g/mol. The quantitative estimate of drug-likeness (QED) is 0.441. The molecule has 2 heterocycles. The number of hydrogen-bond donors (Lipinski definition) is 2. The molecule has 1 aliphatic heterocycles. The number of aromatic nitrogens is 1. The molecule has 1 saturated heterocycles. The predicted octanol–water partition coefficient (Wildman–Crippen LogP) is 1.33. The Morgan fingerprint density at radius 3 is 2.47 bits per heavy atom. The lowest BCUT2D eigenvalue weighted by Crippen LogP contribution is -2.70. The minimum absolute atomic E-state index is 0.0194. The van der Waals surface area contributed by atoms with Gasteiger partial charge in [0.2, 0.25) is 0 Å². The Morgan fingerprint density at radius 2 is 1.84 bits per heavy atom. The molecule has 0 unspecified atom stereocenters. The van der Waals surface area contributed by atoms with Gasteiger partial charge in [-0.3, -0.25) is 4.79 Å². The number of β-lactam (4-membered cyclic amide) rings is 1. The number of aromatic hydroxyl groups is 1. The van der Waals surface area contributed by atoms with Crippen molar-refractivity contribution in [1.29, 1.82) is 0 Å². The molecular formula is C21H21N3O7S. The third-order valence-corrected chi connectivity index (χ3v) is 5.73. The van der Waals surface area contributed by atoms with Crippen LogP contribution in [0.25, 0.3) is 10.9 Å².